The number of benzene rings is 1. The lowest BCUT2D eigenvalue weighted by Gasteiger charge is -2.13. The lowest BCUT2D eigenvalue weighted by Crippen LogP contribution is -2.08. The highest BCUT2D eigenvalue weighted by Gasteiger charge is 2.10. The van der Waals surface area contributed by atoms with E-state index in [4.69, 9.17) is 10.5 Å². The van der Waals surface area contributed by atoms with Crippen LogP contribution in [0.2, 0.25) is 0 Å². The Bertz CT molecular complexity index is 554. The summed E-state index contributed by atoms with van der Waals surface area (Å²) in [7, 11) is 0. The molecule has 0 fully saturated rings. The minimum Gasteiger partial charge on any atom is -0.487 e. The number of thiazole rings is 1. The summed E-state index contributed by atoms with van der Waals surface area (Å²) in [4.78, 5) is 4.42. The Labute approximate surface area is 116 Å². The molecule has 0 aliphatic rings. The highest BCUT2D eigenvalue weighted by molar-refractivity contribution is 7.09. The van der Waals surface area contributed by atoms with Crippen LogP contribution >= 0.6 is 11.3 Å². The molecule has 0 aliphatic heterocycles. The molecular weight excluding hydrogens is 263 g/mol. The van der Waals surface area contributed by atoms with Gasteiger partial charge in [0.1, 0.15) is 18.2 Å². The van der Waals surface area contributed by atoms with Crippen LogP contribution in [0, 0.1) is 5.82 Å². The summed E-state index contributed by atoms with van der Waals surface area (Å²) >= 11 is 1.62. The quantitative estimate of drug-likeness (QED) is 0.912. The third kappa shape index (κ3) is 3.52. The summed E-state index contributed by atoms with van der Waals surface area (Å²) in [5, 5.41) is 3.07. The van der Waals surface area contributed by atoms with Gasteiger partial charge in [0.25, 0.3) is 0 Å². The van der Waals surface area contributed by atoms with Crippen LogP contribution in [0.5, 0.6) is 5.75 Å². The molecule has 19 heavy (non-hydrogen) atoms. The van der Waals surface area contributed by atoms with Gasteiger partial charge in [-0.25, -0.2) is 9.37 Å². The van der Waals surface area contributed by atoms with Crippen LogP contribution in [0.25, 0.3) is 0 Å². The zero-order valence-corrected chi connectivity index (χ0v) is 11.8. The Morgan fingerprint density at radius 3 is 2.89 bits per heavy atom. The number of nitrogens with two attached hydrogens (primary N) is 1. The molecule has 0 bridgehead atoms. The summed E-state index contributed by atoms with van der Waals surface area (Å²) < 4.78 is 18.9. The summed E-state index contributed by atoms with van der Waals surface area (Å²) in [6.07, 6.45) is 0.923. The van der Waals surface area contributed by atoms with Gasteiger partial charge in [-0.15, -0.1) is 11.3 Å². The van der Waals surface area contributed by atoms with Gasteiger partial charge in [-0.1, -0.05) is 6.92 Å². The van der Waals surface area contributed by atoms with Gasteiger partial charge in [0, 0.05) is 17.0 Å². The molecule has 0 amide bonds. The van der Waals surface area contributed by atoms with Gasteiger partial charge in [-0.05, 0) is 31.5 Å². The van der Waals surface area contributed by atoms with E-state index in [1.807, 2.05) is 5.38 Å². The monoisotopic (exact) mass is 280 g/mol. The SMILES string of the molecule is CCc1nc(COc2ccc(F)cc2[C@@H](C)N)cs1. The largest absolute Gasteiger partial charge is 0.487 e. The molecule has 0 spiro atoms. The standard InChI is InChI=1S/C14H17FN2OS/c1-3-14-17-11(8-19-14)7-18-13-5-4-10(15)6-12(13)9(2)16/h4-6,8-9H,3,7,16H2,1-2H3/t9-/m1/s1. The molecule has 0 radical (unpaired) electrons. The summed E-state index contributed by atoms with van der Waals surface area (Å²) in [5.41, 5.74) is 7.38. The Kier molecular flexibility index (Phi) is 4.50. The predicted molar refractivity (Wildman–Crippen MR) is 74.8 cm³/mol. The van der Waals surface area contributed by atoms with Crippen molar-refractivity contribution in [2.24, 2.45) is 5.73 Å². The number of halogens is 1. The summed E-state index contributed by atoms with van der Waals surface area (Å²) in [6.45, 7) is 4.25. The minimum atomic E-state index is -0.304. The van der Waals surface area contributed by atoms with Gasteiger partial charge in [-0.3, -0.25) is 0 Å². The van der Waals surface area contributed by atoms with E-state index in [1.165, 1.54) is 12.1 Å². The first-order valence-electron chi connectivity index (χ1n) is 6.21. The fourth-order valence-corrected chi connectivity index (χ4v) is 2.47. The Morgan fingerprint density at radius 2 is 2.26 bits per heavy atom. The summed E-state index contributed by atoms with van der Waals surface area (Å²) in [5.74, 6) is 0.309. The lowest BCUT2D eigenvalue weighted by molar-refractivity contribution is 0.296. The van der Waals surface area contributed by atoms with E-state index in [0.29, 0.717) is 17.9 Å². The van der Waals surface area contributed by atoms with Crippen molar-refractivity contribution in [1.29, 1.82) is 0 Å². The number of rotatable bonds is 5. The first-order valence-corrected chi connectivity index (χ1v) is 7.09. The van der Waals surface area contributed by atoms with Gasteiger partial charge < -0.3 is 10.5 Å². The molecule has 1 heterocycles. The summed E-state index contributed by atoms with van der Waals surface area (Å²) in [6, 6.07) is 4.13. The number of aromatic nitrogens is 1. The first-order chi connectivity index (χ1) is 9.10. The zero-order chi connectivity index (χ0) is 13.8. The van der Waals surface area contributed by atoms with Crippen LogP contribution in [-0.2, 0) is 13.0 Å². The van der Waals surface area contributed by atoms with Gasteiger partial charge in [-0.2, -0.15) is 0 Å². The molecule has 2 aromatic rings. The molecule has 2 N–H and O–H groups in total. The topological polar surface area (TPSA) is 48.1 Å². The van der Waals surface area contributed by atoms with Crippen LogP contribution in [0.4, 0.5) is 4.39 Å². The normalized spacial score (nSPS) is 12.4. The van der Waals surface area contributed by atoms with E-state index in [2.05, 4.69) is 11.9 Å². The van der Waals surface area contributed by atoms with Crippen molar-refractivity contribution in [1.82, 2.24) is 4.98 Å². The fraction of sp³-hybridized carbons (Fsp3) is 0.357. The molecular formula is C14H17FN2OS. The molecule has 1 aromatic carbocycles. The second-order valence-electron chi connectivity index (χ2n) is 4.35. The van der Waals surface area contributed by atoms with Gasteiger partial charge in [0.15, 0.2) is 0 Å². The number of hydrogen-bond acceptors (Lipinski definition) is 4. The predicted octanol–water partition coefficient (Wildman–Crippen LogP) is 3.44. The van der Waals surface area contributed by atoms with E-state index >= 15 is 0 Å². The van der Waals surface area contributed by atoms with Crippen molar-refractivity contribution in [3.05, 3.63) is 45.7 Å². The molecule has 0 aliphatic carbocycles. The average molecular weight is 280 g/mol. The molecule has 102 valence electrons. The maximum Gasteiger partial charge on any atom is 0.131 e. The fourth-order valence-electron chi connectivity index (χ4n) is 1.74. The van der Waals surface area contributed by atoms with Crippen molar-refractivity contribution in [3.8, 4) is 5.75 Å². The van der Waals surface area contributed by atoms with Crippen LogP contribution in [-0.4, -0.2) is 4.98 Å². The van der Waals surface area contributed by atoms with E-state index in [1.54, 1.807) is 24.3 Å². The van der Waals surface area contributed by atoms with Crippen molar-refractivity contribution >= 4 is 11.3 Å². The molecule has 1 aromatic heterocycles. The molecule has 0 saturated carbocycles. The highest BCUT2D eigenvalue weighted by Crippen LogP contribution is 2.25. The van der Waals surface area contributed by atoms with Gasteiger partial charge >= 0.3 is 0 Å². The number of ether oxygens (including phenoxy) is 1. The smallest absolute Gasteiger partial charge is 0.131 e. The van der Waals surface area contributed by atoms with E-state index in [0.717, 1.165) is 17.1 Å². The van der Waals surface area contributed by atoms with Crippen LogP contribution in [0.3, 0.4) is 0 Å². The van der Waals surface area contributed by atoms with Crippen LogP contribution in [0.1, 0.15) is 36.2 Å². The molecule has 0 unspecified atom stereocenters. The third-order valence-corrected chi connectivity index (χ3v) is 3.78. The number of nitrogens with zero attached hydrogens (tertiary/aromatic N) is 1. The second-order valence-corrected chi connectivity index (χ2v) is 5.29. The van der Waals surface area contributed by atoms with Crippen molar-refractivity contribution in [2.45, 2.75) is 32.9 Å². The van der Waals surface area contributed by atoms with Gasteiger partial charge in [0.2, 0.25) is 0 Å². The van der Waals surface area contributed by atoms with Gasteiger partial charge in [0.05, 0.1) is 10.7 Å². The molecule has 3 nitrogen and oxygen atoms in total. The maximum atomic E-state index is 13.2. The highest BCUT2D eigenvalue weighted by atomic mass is 32.1. The molecule has 0 saturated heterocycles. The molecule has 1 atom stereocenters. The second kappa shape index (κ2) is 6.12. The molecule has 2 rings (SSSR count). The van der Waals surface area contributed by atoms with Crippen molar-refractivity contribution < 1.29 is 9.13 Å². The van der Waals surface area contributed by atoms with Crippen LogP contribution < -0.4 is 10.5 Å². The maximum absolute atomic E-state index is 13.2. The Balaban J connectivity index is 2.10. The van der Waals surface area contributed by atoms with E-state index in [9.17, 15) is 4.39 Å². The number of aryl methyl sites for hydroxylation is 1. The van der Waals surface area contributed by atoms with E-state index < -0.39 is 0 Å². The molecule has 5 heteroatoms. The zero-order valence-electron chi connectivity index (χ0n) is 11.0. The Morgan fingerprint density at radius 1 is 1.47 bits per heavy atom. The first kappa shape index (κ1) is 14.0. The Hall–Kier alpha value is -1.46. The van der Waals surface area contributed by atoms with E-state index in [-0.39, 0.29) is 11.9 Å². The number of hydrogen-bond donors (Lipinski definition) is 1. The third-order valence-electron chi connectivity index (χ3n) is 2.74. The average Bonchev–Trinajstić information content (AvgIpc) is 2.85. The van der Waals surface area contributed by atoms with Crippen molar-refractivity contribution in [2.75, 3.05) is 0 Å². The van der Waals surface area contributed by atoms with Crippen molar-refractivity contribution in [3.63, 3.8) is 0 Å². The minimum absolute atomic E-state index is 0.271. The van der Waals surface area contributed by atoms with Crippen LogP contribution in [0.15, 0.2) is 23.6 Å². The lowest BCUT2D eigenvalue weighted by atomic mass is 10.1.